The average molecular weight is 464 g/mol. The molecule has 1 aromatic heterocycles. The number of morpholine rings is 1. The first kappa shape index (κ1) is 22.3. The predicted octanol–water partition coefficient (Wildman–Crippen LogP) is 2.73. The summed E-state index contributed by atoms with van der Waals surface area (Å²) in [4.78, 5) is 16.6. The molecule has 31 heavy (non-hydrogen) atoms. The van der Waals surface area contributed by atoms with Crippen LogP contribution in [0.25, 0.3) is 0 Å². The number of carbonyl (C=O) groups excluding carboxylic acids is 1. The highest BCUT2D eigenvalue weighted by atomic mass is 32.2. The maximum atomic E-state index is 13.2. The quantitative estimate of drug-likeness (QED) is 0.683. The van der Waals surface area contributed by atoms with E-state index in [0.717, 1.165) is 31.4 Å². The van der Waals surface area contributed by atoms with Crippen LogP contribution < -0.4 is 10.2 Å². The Balaban J connectivity index is 1.58. The smallest absolute Gasteiger partial charge is 0.253 e. The number of anilines is 1. The lowest BCUT2D eigenvalue weighted by molar-refractivity contribution is 0.0952. The molecule has 0 saturated carbocycles. The Hall–Kier alpha value is -1.94. The molecule has 2 fully saturated rings. The van der Waals surface area contributed by atoms with Gasteiger partial charge in [-0.1, -0.05) is 12.5 Å². The van der Waals surface area contributed by atoms with Crippen LogP contribution >= 0.6 is 11.3 Å². The van der Waals surface area contributed by atoms with E-state index in [0.29, 0.717) is 51.5 Å². The number of ether oxygens (including phenoxy) is 1. The number of nitrogens with zero attached hydrogens (tertiary/aromatic N) is 2. The van der Waals surface area contributed by atoms with Crippen molar-refractivity contribution in [3.8, 4) is 0 Å². The highest BCUT2D eigenvalue weighted by molar-refractivity contribution is 7.89. The summed E-state index contributed by atoms with van der Waals surface area (Å²) in [6.45, 7) is 4.11. The van der Waals surface area contributed by atoms with E-state index >= 15 is 0 Å². The lowest BCUT2D eigenvalue weighted by Gasteiger charge is -2.31. The Morgan fingerprint density at radius 2 is 1.84 bits per heavy atom. The zero-order valence-electron chi connectivity index (χ0n) is 17.6. The molecule has 1 aromatic carbocycles. The Morgan fingerprint density at radius 3 is 2.55 bits per heavy atom. The second-order valence-corrected chi connectivity index (χ2v) is 10.8. The lowest BCUT2D eigenvalue weighted by Crippen LogP contribution is -2.38. The lowest BCUT2D eigenvalue weighted by atomic mass is 10.1. The van der Waals surface area contributed by atoms with Crippen molar-refractivity contribution in [1.82, 2.24) is 9.62 Å². The minimum Gasteiger partial charge on any atom is -0.378 e. The summed E-state index contributed by atoms with van der Waals surface area (Å²) in [5.41, 5.74) is 1.17. The van der Waals surface area contributed by atoms with Crippen LogP contribution in [-0.4, -0.2) is 64.6 Å². The molecule has 9 heteroatoms. The summed E-state index contributed by atoms with van der Waals surface area (Å²) < 4.78 is 33.3. The van der Waals surface area contributed by atoms with Crippen molar-refractivity contribution in [2.24, 2.45) is 0 Å². The SMILES string of the molecule is O=C(NCCc1cccs1)c1cc(S(=O)(=O)N2CCCCC2)ccc1N1CCOCC1. The number of rotatable bonds is 7. The number of sulfonamides is 1. The molecule has 168 valence electrons. The van der Waals surface area contributed by atoms with Crippen LogP contribution in [0.4, 0.5) is 5.69 Å². The van der Waals surface area contributed by atoms with Gasteiger partial charge < -0.3 is 15.0 Å². The van der Waals surface area contributed by atoms with Crippen molar-refractivity contribution in [3.05, 3.63) is 46.2 Å². The molecule has 7 nitrogen and oxygen atoms in total. The van der Waals surface area contributed by atoms with Gasteiger partial charge in [-0.25, -0.2) is 8.42 Å². The molecule has 2 saturated heterocycles. The molecule has 2 aliphatic rings. The van der Waals surface area contributed by atoms with Crippen LogP contribution in [0.1, 0.15) is 34.5 Å². The first-order chi connectivity index (χ1) is 15.1. The Kier molecular flexibility index (Phi) is 7.27. The molecule has 1 N–H and O–H groups in total. The van der Waals surface area contributed by atoms with Gasteiger partial charge in [-0.05, 0) is 48.9 Å². The number of hydrogen-bond acceptors (Lipinski definition) is 6. The molecule has 2 aromatic rings. The van der Waals surface area contributed by atoms with E-state index in [1.807, 2.05) is 17.5 Å². The van der Waals surface area contributed by atoms with Gasteiger partial charge in [0.15, 0.2) is 0 Å². The van der Waals surface area contributed by atoms with Gasteiger partial charge in [0.25, 0.3) is 5.91 Å². The summed E-state index contributed by atoms with van der Waals surface area (Å²) >= 11 is 1.66. The summed E-state index contributed by atoms with van der Waals surface area (Å²) in [6.07, 6.45) is 3.56. The van der Waals surface area contributed by atoms with Gasteiger partial charge in [0.05, 0.1) is 23.7 Å². The topological polar surface area (TPSA) is 79.0 Å². The molecule has 2 aliphatic heterocycles. The predicted molar refractivity (Wildman–Crippen MR) is 122 cm³/mol. The molecule has 0 bridgehead atoms. The van der Waals surface area contributed by atoms with E-state index in [1.54, 1.807) is 33.8 Å². The third-order valence-corrected chi connectivity index (χ3v) is 8.59. The van der Waals surface area contributed by atoms with Crippen molar-refractivity contribution in [2.45, 2.75) is 30.6 Å². The van der Waals surface area contributed by atoms with Crippen LogP contribution in [0.15, 0.2) is 40.6 Å². The molecule has 3 heterocycles. The normalized spacial score (nSPS) is 18.1. The molecule has 0 spiro atoms. The average Bonchev–Trinajstić information content (AvgIpc) is 3.33. The zero-order valence-corrected chi connectivity index (χ0v) is 19.2. The summed E-state index contributed by atoms with van der Waals surface area (Å²) in [5.74, 6) is -0.242. The van der Waals surface area contributed by atoms with Crippen molar-refractivity contribution < 1.29 is 17.9 Å². The fourth-order valence-corrected chi connectivity index (χ4v) is 6.29. The van der Waals surface area contributed by atoms with Gasteiger partial charge in [-0.15, -0.1) is 11.3 Å². The molecule has 0 unspecified atom stereocenters. The van der Waals surface area contributed by atoms with Crippen molar-refractivity contribution in [2.75, 3.05) is 50.8 Å². The number of amides is 1. The van der Waals surface area contributed by atoms with Crippen molar-refractivity contribution in [1.29, 1.82) is 0 Å². The maximum absolute atomic E-state index is 13.2. The number of nitrogens with one attached hydrogen (secondary N) is 1. The molecular weight excluding hydrogens is 434 g/mol. The molecule has 0 atom stereocenters. The van der Waals surface area contributed by atoms with Crippen LogP contribution in [0.5, 0.6) is 0 Å². The second kappa shape index (κ2) is 10.1. The highest BCUT2D eigenvalue weighted by Crippen LogP contribution is 2.28. The van der Waals surface area contributed by atoms with Crippen LogP contribution in [0.2, 0.25) is 0 Å². The van der Waals surface area contributed by atoms with E-state index in [-0.39, 0.29) is 10.8 Å². The van der Waals surface area contributed by atoms with Crippen LogP contribution in [0.3, 0.4) is 0 Å². The Morgan fingerprint density at radius 1 is 1.06 bits per heavy atom. The number of hydrogen-bond donors (Lipinski definition) is 1. The first-order valence-corrected chi connectivity index (χ1v) is 13.2. The van der Waals surface area contributed by atoms with Gasteiger partial charge >= 0.3 is 0 Å². The van der Waals surface area contributed by atoms with Gasteiger partial charge in [0, 0.05) is 43.3 Å². The van der Waals surface area contributed by atoms with Gasteiger partial charge in [-0.2, -0.15) is 4.31 Å². The Labute approximate surface area is 188 Å². The number of piperidine rings is 1. The van der Waals surface area contributed by atoms with Gasteiger partial charge in [0.1, 0.15) is 0 Å². The monoisotopic (exact) mass is 463 g/mol. The van der Waals surface area contributed by atoms with E-state index < -0.39 is 10.0 Å². The summed E-state index contributed by atoms with van der Waals surface area (Å²) in [7, 11) is -3.61. The molecule has 4 rings (SSSR count). The zero-order chi connectivity index (χ0) is 21.7. The van der Waals surface area contributed by atoms with Crippen LogP contribution in [-0.2, 0) is 21.2 Å². The maximum Gasteiger partial charge on any atom is 0.253 e. The molecule has 0 radical (unpaired) electrons. The van der Waals surface area contributed by atoms with Crippen LogP contribution in [0, 0.1) is 0 Å². The van der Waals surface area contributed by atoms with E-state index in [1.165, 1.54) is 4.88 Å². The van der Waals surface area contributed by atoms with Crippen molar-refractivity contribution in [3.63, 3.8) is 0 Å². The number of thiophene rings is 1. The molecular formula is C22H29N3O4S2. The van der Waals surface area contributed by atoms with Gasteiger partial charge in [0.2, 0.25) is 10.0 Å². The standard InChI is InChI=1S/C22H29N3O4S2/c26-22(23-9-8-18-5-4-16-30-18)20-17-19(31(27,28)25-10-2-1-3-11-25)6-7-21(20)24-12-14-29-15-13-24/h4-7,16-17H,1-3,8-15H2,(H,23,26). The van der Waals surface area contributed by atoms with Gasteiger partial charge in [-0.3, -0.25) is 4.79 Å². The minimum absolute atomic E-state index is 0.190. The fraction of sp³-hybridized carbons (Fsp3) is 0.500. The summed E-state index contributed by atoms with van der Waals surface area (Å²) in [6, 6.07) is 9.00. The van der Waals surface area contributed by atoms with Crippen molar-refractivity contribution >= 4 is 33.0 Å². The molecule has 1 amide bonds. The van der Waals surface area contributed by atoms with E-state index in [2.05, 4.69) is 10.2 Å². The fourth-order valence-electron chi connectivity index (χ4n) is 4.04. The number of benzene rings is 1. The third-order valence-electron chi connectivity index (χ3n) is 5.75. The first-order valence-electron chi connectivity index (χ1n) is 10.8. The summed E-state index contributed by atoms with van der Waals surface area (Å²) in [5, 5.41) is 4.99. The number of carbonyl (C=O) groups is 1. The largest absolute Gasteiger partial charge is 0.378 e. The minimum atomic E-state index is -3.61. The van der Waals surface area contributed by atoms with E-state index in [9.17, 15) is 13.2 Å². The third kappa shape index (κ3) is 5.28. The second-order valence-electron chi connectivity index (χ2n) is 7.83. The Bertz CT molecular complexity index is 980. The molecule has 0 aliphatic carbocycles. The van der Waals surface area contributed by atoms with E-state index in [4.69, 9.17) is 4.74 Å². The highest BCUT2D eigenvalue weighted by Gasteiger charge is 2.28.